The summed E-state index contributed by atoms with van der Waals surface area (Å²) in [7, 11) is 0. The summed E-state index contributed by atoms with van der Waals surface area (Å²) in [5, 5.41) is 11.8. The van der Waals surface area contributed by atoms with E-state index in [1.807, 2.05) is 25.1 Å². The number of rotatable bonds is 4. The van der Waals surface area contributed by atoms with Gasteiger partial charge in [-0.2, -0.15) is 0 Å². The van der Waals surface area contributed by atoms with E-state index in [0.29, 0.717) is 23.6 Å². The Bertz CT molecular complexity index is 562. The molecule has 0 bridgehead atoms. The van der Waals surface area contributed by atoms with Crippen LogP contribution in [0, 0.1) is 30.1 Å². The zero-order chi connectivity index (χ0) is 16.0. The Kier molecular flexibility index (Phi) is 5.99. The van der Waals surface area contributed by atoms with Gasteiger partial charge in [0.1, 0.15) is 6.61 Å². The van der Waals surface area contributed by atoms with Crippen molar-refractivity contribution in [1.82, 2.24) is 5.32 Å². The molecule has 2 N–H and O–H groups in total. The predicted octanol–water partition coefficient (Wildman–Crippen LogP) is 2.75. The Labute approximate surface area is 127 Å². The van der Waals surface area contributed by atoms with Gasteiger partial charge in [0.2, 0.25) is 0 Å². The highest BCUT2D eigenvalue weighted by molar-refractivity contribution is 5.97. The predicted molar refractivity (Wildman–Crippen MR) is 86.1 cm³/mol. The molecule has 3 nitrogen and oxygen atoms in total. The minimum Gasteiger partial charge on any atom is -0.384 e. The Morgan fingerprint density at radius 1 is 1.38 bits per heavy atom. The molecule has 1 aromatic rings. The highest BCUT2D eigenvalue weighted by Crippen LogP contribution is 2.24. The van der Waals surface area contributed by atoms with Gasteiger partial charge in [-0.1, -0.05) is 51.2 Å². The van der Waals surface area contributed by atoms with E-state index >= 15 is 0 Å². The minimum atomic E-state index is -0.213. The Balaban J connectivity index is 2.94. The number of hydrogen-bond donors (Lipinski definition) is 2. The highest BCUT2D eigenvalue weighted by Gasteiger charge is 2.23. The van der Waals surface area contributed by atoms with Crippen LogP contribution in [0.3, 0.4) is 0 Å². The van der Waals surface area contributed by atoms with Gasteiger partial charge in [0, 0.05) is 12.1 Å². The van der Waals surface area contributed by atoms with Gasteiger partial charge in [0.15, 0.2) is 0 Å². The number of carbonyl (C=O) groups excluding carboxylic acids is 1. The van der Waals surface area contributed by atoms with Gasteiger partial charge >= 0.3 is 0 Å². The molecule has 1 aromatic carbocycles. The molecule has 3 heteroatoms. The number of nitrogens with one attached hydrogen (secondary N) is 1. The summed E-state index contributed by atoms with van der Waals surface area (Å²) in [4.78, 5) is 12.4. The molecule has 0 aliphatic rings. The molecule has 1 amide bonds. The standard InChI is InChI=1S/C18H25NO2/c1-13(2)18(4,5)12-19-17(21)16-11-14(3)8-9-15(16)7-6-10-20/h8-9,11,13,20H,10,12H2,1-5H3,(H,19,21). The van der Waals surface area contributed by atoms with Gasteiger partial charge in [-0.15, -0.1) is 0 Å². The summed E-state index contributed by atoms with van der Waals surface area (Å²) in [6, 6.07) is 5.57. The van der Waals surface area contributed by atoms with Crippen molar-refractivity contribution in [3.63, 3.8) is 0 Å². The molecule has 0 atom stereocenters. The van der Waals surface area contributed by atoms with Gasteiger partial charge in [-0.25, -0.2) is 0 Å². The lowest BCUT2D eigenvalue weighted by molar-refractivity contribution is 0.0924. The zero-order valence-electron chi connectivity index (χ0n) is 13.6. The van der Waals surface area contributed by atoms with E-state index in [4.69, 9.17) is 5.11 Å². The van der Waals surface area contributed by atoms with Crippen molar-refractivity contribution in [3.05, 3.63) is 34.9 Å². The third-order valence-electron chi connectivity index (χ3n) is 3.99. The molecule has 114 valence electrons. The molecule has 0 fully saturated rings. The van der Waals surface area contributed by atoms with Crippen molar-refractivity contribution in [2.45, 2.75) is 34.6 Å². The molecular formula is C18H25NO2. The number of amides is 1. The fraction of sp³-hybridized carbons (Fsp3) is 0.500. The normalized spacial score (nSPS) is 11.0. The molecule has 0 radical (unpaired) electrons. The highest BCUT2D eigenvalue weighted by atomic mass is 16.2. The van der Waals surface area contributed by atoms with Gasteiger partial charge < -0.3 is 10.4 Å². The lowest BCUT2D eigenvalue weighted by atomic mass is 9.81. The molecule has 0 aliphatic carbocycles. The van der Waals surface area contributed by atoms with Crippen molar-refractivity contribution in [3.8, 4) is 11.8 Å². The molecular weight excluding hydrogens is 262 g/mol. The summed E-state index contributed by atoms with van der Waals surface area (Å²) in [6.45, 7) is 10.9. The Morgan fingerprint density at radius 3 is 2.62 bits per heavy atom. The van der Waals surface area contributed by atoms with Crippen LogP contribution >= 0.6 is 0 Å². The van der Waals surface area contributed by atoms with Crippen LogP contribution in [0.2, 0.25) is 0 Å². The van der Waals surface area contributed by atoms with Crippen LogP contribution in [0.4, 0.5) is 0 Å². The zero-order valence-corrected chi connectivity index (χ0v) is 13.6. The van der Waals surface area contributed by atoms with Gasteiger partial charge in [0.05, 0.1) is 5.56 Å². The minimum absolute atomic E-state index is 0.0381. The molecule has 21 heavy (non-hydrogen) atoms. The average molecular weight is 287 g/mol. The maximum absolute atomic E-state index is 12.4. The first kappa shape index (κ1) is 17.3. The fourth-order valence-electron chi connectivity index (χ4n) is 1.70. The Morgan fingerprint density at radius 2 is 2.05 bits per heavy atom. The van der Waals surface area contributed by atoms with E-state index in [1.165, 1.54) is 0 Å². The van der Waals surface area contributed by atoms with Gasteiger partial charge in [-0.3, -0.25) is 4.79 Å². The molecule has 0 heterocycles. The number of aliphatic hydroxyl groups is 1. The summed E-state index contributed by atoms with van der Waals surface area (Å²) < 4.78 is 0. The van der Waals surface area contributed by atoms with E-state index in [9.17, 15) is 4.79 Å². The molecule has 0 saturated heterocycles. The van der Waals surface area contributed by atoms with Gasteiger partial charge in [-0.05, 0) is 30.4 Å². The van der Waals surface area contributed by atoms with Crippen LogP contribution in [-0.2, 0) is 0 Å². The molecule has 0 saturated carbocycles. The van der Waals surface area contributed by atoms with Crippen molar-refractivity contribution in [1.29, 1.82) is 0 Å². The molecule has 0 unspecified atom stereocenters. The lowest BCUT2D eigenvalue weighted by Crippen LogP contribution is -2.37. The van der Waals surface area contributed by atoms with E-state index in [1.54, 1.807) is 0 Å². The number of aliphatic hydroxyl groups excluding tert-OH is 1. The largest absolute Gasteiger partial charge is 0.384 e. The maximum atomic E-state index is 12.4. The van der Waals surface area contributed by atoms with E-state index in [0.717, 1.165) is 5.56 Å². The summed E-state index contributed by atoms with van der Waals surface area (Å²) in [5.74, 6) is 5.79. The summed E-state index contributed by atoms with van der Waals surface area (Å²) >= 11 is 0. The second-order valence-electron chi connectivity index (χ2n) is 6.33. The first-order valence-electron chi connectivity index (χ1n) is 7.26. The third-order valence-corrected chi connectivity index (χ3v) is 3.99. The number of benzene rings is 1. The van der Waals surface area contributed by atoms with Crippen molar-refractivity contribution in [2.24, 2.45) is 11.3 Å². The van der Waals surface area contributed by atoms with E-state index < -0.39 is 0 Å². The van der Waals surface area contributed by atoms with Crippen LogP contribution in [0.15, 0.2) is 18.2 Å². The average Bonchev–Trinajstić information content (AvgIpc) is 2.43. The van der Waals surface area contributed by atoms with E-state index in [2.05, 4.69) is 44.9 Å². The van der Waals surface area contributed by atoms with Crippen LogP contribution in [0.5, 0.6) is 0 Å². The number of aryl methyl sites for hydroxylation is 1. The van der Waals surface area contributed by atoms with Crippen molar-refractivity contribution >= 4 is 5.91 Å². The second-order valence-corrected chi connectivity index (χ2v) is 6.33. The van der Waals surface area contributed by atoms with Crippen molar-refractivity contribution < 1.29 is 9.90 Å². The first-order chi connectivity index (χ1) is 9.77. The second kappa shape index (κ2) is 7.28. The van der Waals surface area contributed by atoms with Crippen LogP contribution in [0.1, 0.15) is 49.2 Å². The number of carbonyl (C=O) groups is 1. The SMILES string of the molecule is Cc1ccc(C#CCO)c(C(=O)NCC(C)(C)C(C)C)c1. The third kappa shape index (κ3) is 4.91. The maximum Gasteiger partial charge on any atom is 0.252 e. The molecule has 0 aromatic heterocycles. The van der Waals surface area contributed by atoms with Gasteiger partial charge in [0.25, 0.3) is 5.91 Å². The molecule has 0 aliphatic heterocycles. The lowest BCUT2D eigenvalue weighted by Gasteiger charge is -2.29. The van der Waals surface area contributed by atoms with Crippen LogP contribution in [-0.4, -0.2) is 24.2 Å². The van der Waals surface area contributed by atoms with Crippen LogP contribution in [0.25, 0.3) is 0 Å². The summed E-state index contributed by atoms with van der Waals surface area (Å²) in [6.07, 6.45) is 0. The van der Waals surface area contributed by atoms with Crippen LogP contribution < -0.4 is 5.32 Å². The van der Waals surface area contributed by atoms with Crippen molar-refractivity contribution in [2.75, 3.05) is 13.2 Å². The summed E-state index contributed by atoms with van der Waals surface area (Å²) in [5.41, 5.74) is 2.26. The monoisotopic (exact) mass is 287 g/mol. The Hall–Kier alpha value is -1.79. The fourth-order valence-corrected chi connectivity index (χ4v) is 1.70. The smallest absolute Gasteiger partial charge is 0.252 e. The topological polar surface area (TPSA) is 49.3 Å². The number of hydrogen-bond acceptors (Lipinski definition) is 2. The first-order valence-corrected chi connectivity index (χ1v) is 7.26. The van der Waals surface area contributed by atoms with E-state index in [-0.39, 0.29) is 17.9 Å². The quantitative estimate of drug-likeness (QED) is 0.837. The molecule has 1 rings (SSSR count). The molecule has 0 spiro atoms.